The van der Waals surface area contributed by atoms with Gasteiger partial charge in [0, 0.05) is 7.79 Å². The fourth-order valence-corrected chi connectivity index (χ4v) is 1.80. The standard InChI is InChI=1S/C16H29NO6/c1-15(2,3)22-13(18)11(7-8-12-20-9-10-21-12)17-14(19)23-16(4,5)6/h11-12H,7-10H2,1-6H3,(H,17,19)/t11-/m0/s1/i7D/t7-,11+/m1. The van der Waals surface area contributed by atoms with E-state index in [1.54, 1.807) is 41.5 Å². The van der Waals surface area contributed by atoms with Gasteiger partial charge in [-0.05, 0) is 47.9 Å². The predicted molar refractivity (Wildman–Crippen MR) is 83.9 cm³/mol. The van der Waals surface area contributed by atoms with E-state index in [0.717, 1.165) is 0 Å². The topological polar surface area (TPSA) is 83.1 Å². The van der Waals surface area contributed by atoms with Gasteiger partial charge in [-0.3, -0.25) is 0 Å². The van der Waals surface area contributed by atoms with Crippen molar-refractivity contribution < 1.29 is 29.9 Å². The molecule has 0 saturated carbocycles. The van der Waals surface area contributed by atoms with Crippen molar-refractivity contribution >= 4 is 12.1 Å². The largest absolute Gasteiger partial charge is 0.458 e. The average molecular weight is 332 g/mol. The van der Waals surface area contributed by atoms with Crippen molar-refractivity contribution in [3.05, 3.63) is 0 Å². The molecule has 0 bridgehead atoms. The van der Waals surface area contributed by atoms with E-state index in [9.17, 15) is 9.59 Å². The number of carbonyl (C=O) groups is 2. The summed E-state index contributed by atoms with van der Waals surface area (Å²) in [5.41, 5.74) is -1.44. The molecule has 0 aromatic rings. The van der Waals surface area contributed by atoms with Gasteiger partial charge in [0.1, 0.15) is 17.2 Å². The number of carbonyl (C=O) groups excluding carboxylic acids is 2. The van der Waals surface area contributed by atoms with Crippen molar-refractivity contribution in [2.24, 2.45) is 0 Å². The molecular weight excluding hydrogens is 302 g/mol. The molecule has 1 saturated heterocycles. The van der Waals surface area contributed by atoms with Crippen LogP contribution in [0.4, 0.5) is 4.79 Å². The maximum Gasteiger partial charge on any atom is 0.408 e. The van der Waals surface area contributed by atoms with E-state index in [0.29, 0.717) is 13.2 Å². The fraction of sp³-hybridized carbons (Fsp3) is 0.875. The SMILES string of the molecule is [2H][C@H](CC1OCCO1)[C@H](NC(=O)OC(C)(C)C)C(=O)OC(C)(C)C. The zero-order valence-electron chi connectivity index (χ0n) is 15.8. The van der Waals surface area contributed by atoms with Crippen molar-refractivity contribution in [2.75, 3.05) is 13.2 Å². The summed E-state index contributed by atoms with van der Waals surface area (Å²) in [4.78, 5) is 24.4. The third-order valence-electron chi connectivity index (χ3n) is 2.59. The average Bonchev–Trinajstić information content (AvgIpc) is 2.84. The molecule has 134 valence electrons. The monoisotopic (exact) mass is 332 g/mol. The van der Waals surface area contributed by atoms with E-state index in [1.165, 1.54) is 0 Å². The van der Waals surface area contributed by atoms with Crippen LogP contribution in [0.5, 0.6) is 0 Å². The van der Waals surface area contributed by atoms with Crippen molar-refractivity contribution in [1.29, 1.82) is 0 Å². The highest BCUT2D eigenvalue weighted by Crippen LogP contribution is 2.16. The summed E-state index contributed by atoms with van der Waals surface area (Å²) in [6.45, 7) is 11.2. The first kappa shape index (κ1) is 18.0. The Morgan fingerprint density at radius 2 is 1.65 bits per heavy atom. The van der Waals surface area contributed by atoms with E-state index in [-0.39, 0.29) is 6.42 Å². The molecule has 1 aliphatic heterocycles. The van der Waals surface area contributed by atoms with Crippen LogP contribution in [0.25, 0.3) is 0 Å². The van der Waals surface area contributed by atoms with Gasteiger partial charge in [0.25, 0.3) is 0 Å². The van der Waals surface area contributed by atoms with Crippen LogP contribution in [0.2, 0.25) is 0 Å². The zero-order valence-corrected chi connectivity index (χ0v) is 14.8. The Balaban J connectivity index is 2.77. The molecule has 7 heteroatoms. The summed E-state index contributed by atoms with van der Waals surface area (Å²) in [5.74, 6) is -0.689. The van der Waals surface area contributed by atoms with E-state index in [1.807, 2.05) is 0 Å². The van der Waals surface area contributed by atoms with Gasteiger partial charge >= 0.3 is 12.1 Å². The van der Waals surface area contributed by atoms with Gasteiger partial charge in [0.2, 0.25) is 0 Å². The summed E-state index contributed by atoms with van der Waals surface area (Å²) >= 11 is 0. The quantitative estimate of drug-likeness (QED) is 0.778. The second-order valence-electron chi connectivity index (χ2n) is 7.30. The van der Waals surface area contributed by atoms with Gasteiger partial charge in [0.05, 0.1) is 13.2 Å². The maximum absolute atomic E-state index is 12.4. The second kappa shape index (κ2) is 7.97. The van der Waals surface area contributed by atoms with Crippen LogP contribution in [-0.2, 0) is 23.7 Å². The minimum absolute atomic E-state index is 0.139. The third kappa shape index (κ3) is 8.76. The number of hydrogen-bond donors (Lipinski definition) is 1. The van der Waals surface area contributed by atoms with Gasteiger partial charge in [-0.25, -0.2) is 9.59 Å². The molecule has 1 heterocycles. The lowest BCUT2D eigenvalue weighted by molar-refractivity contribution is -0.158. The highest BCUT2D eigenvalue weighted by atomic mass is 16.7. The van der Waals surface area contributed by atoms with Gasteiger partial charge in [-0.1, -0.05) is 0 Å². The molecule has 0 radical (unpaired) electrons. The van der Waals surface area contributed by atoms with Crippen LogP contribution < -0.4 is 5.32 Å². The molecule has 0 spiro atoms. The van der Waals surface area contributed by atoms with Crippen LogP contribution in [0.3, 0.4) is 0 Å². The lowest BCUT2D eigenvalue weighted by Gasteiger charge is -2.26. The zero-order chi connectivity index (χ0) is 18.5. The van der Waals surface area contributed by atoms with Gasteiger partial charge in [0.15, 0.2) is 6.29 Å². The summed E-state index contributed by atoms with van der Waals surface area (Å²) in [6.07, 6.45) is -2.18. The first-order valence-corrected chi connectivity index (χ1v) is 7.75. The lowest BCUT2D eigenvalue weighted by Crippen LogP contribution is -2.46. The Kier molecular flexibility index (Phi) is 6.24. The highest BCUT2D eigenvalue weighted by Gasteiger charge is 2.30. The number of amides is 1. The first-order valence-electron chi connectivity index (χ1n) is 8.33. The van der Waals surface area contributed by atoms with Gasteiger partial charge < -0.3 is 24.3 Å². The molecule has 0 unspecified atom stereocenters. The van der Waals surface area contributed by atoms with Crippen molar-refractivity contribution in [3.8, 4) is 0 Å². The van der Waals surface area contributed by atoms with Crippen LogP contribution in [-0.4, -0.2) is 48.8 Å². The molecule has 7 nitrogen and oxygen atoms in total. The lowest BCUT2D eigenvalue weighted by atomic mass is 10.1. The van der Waals surface area contributed by atoms with Crippen molar-refractivity contribution in [3.63, 3.8) is 0 Å². The minimum atomic E-state index is -1.17. The number of ether oxygens (including phenoxy) is 4. The smallest absolute Gasteiger partial charge is 0.408 e. The van der Waals surface area contributed by atoms with Crippen molar-refractivity contribution in [1.82, 2.24) is 5.32 Å². The van der Waals surface area contributed by atoms with Crippen molar-refractivity contribution in [2.45, 2.75) is 77.9 Å². The molecule has 1 N–H and O–H groups in total. The summed E-state index contributed by atoms with van der Waals surface area (Å²) in [6, 6.07) is -1.17. The first-order chi connectivity index (χ1) is 10.9. The number of esters is 1. The molecule has 0 aliphatic carbocycles. The number of hydrogen-bond acceptors (Lipinski definition) is 6. The second-order valence-corrected chi connectivity index (χ2v) is 7.30. The van der Waals surface area contributed by atoms with E-state index in [4.69, 9.17) is 20.3 Å². The normalized spacial score (nSPS) is 19.7. The molecule has 1 aliphatic rings. The number of rotatable bonds is 5. The summed E-state index contributed by atoms with van der Waals surface area (Å²) in [5, 5.41) is 2.44. The predicted octanol–water partition coefficient (Wildman–Crippen LogP) is 2.37. The fourth-order valence-electron chi connectivity index (χ4n) is 1.80. The molecule has 23 heavy (non-hydrogen) atoms. The van der Waals surface area contributed by atoms with Gasteiger partial charge in [-0.2, -0.15) is 0 Å². The highest BCUT2D eigenvalue weighted by molar-refractivity contribution is 5.81. The van der Waals surface area contributed by atoms with E-state index < -0.39 is 42.0 Å². The Morgan fingerprint density at radius 3 is 2.13 bits per heavy atom. The molecule has 1 rings (SSSR count). The molecule has 0 aromatic heterocycles. The van der Waals surface area contributed by atoms with E-state index >= 15 is 0 Å². The summed E-state index contributed by atoms with van der Waals surface area (Å²) in [7, 11) is 0. The van der Waals surface area contributed by atoms with Crippen LogP contribution >= 0.6 is 0 Å². The Morgan fingerprint density at radius 1 is 1.13 bits per heavy atom. The van der Waals surface area contributed by atoms with Crippen LogP contribution in [0.1, 0.15) is 55.7 Å². The maximum atomic E-state index is 12.4. The molecule has 1 amide bonds. The minimum Gasteiger partial charge on any atom is -0.458 e. The number of alkyl carbamates (subject to hydrolysis) is 1. The Bertz CT molecular complexity index is 437. The molecule has 1 fully saturated rings. The van der Waals surface area contributed by atoms with Crippen LogP contribution in [0.15, 0.2) is 0 Å². The van der Waals surface area contributed by atoms with Gasteiger partial charge in [-0.15, -0.1) is 0 Å². The Hall–Kier alpha value is -1.34. The molecule has 2 atom stereocenters. The molecular formula is C16H29NO6. The van der Waals surface area contributed by atoms with Crippen LogP contribution in [0, 0.1) is 0 Å². The summed E-state index contributed by atoms with van der Waals surface area (Å²) < 4.78 is 29.3. The Labute approximate surface area is 139 Å². The third-order valence-corrected chi connectivity index (χ3v) is 2.59. The molecule has 0 aromatic carbocycles. The van der Waals surface area contributed by atoms with E-state index in [2.05, 4.69) is 5.32 Å². The number of nitrogens with one attached hydrogen (secondary N) is 1.